The van der Waals surface area contributed by atoms with Crippen molar-refractivity contribution in [3.8, 4) is 0 Å². The van der Waals surface area contributed by atoms with Crippen molar-refractivity contribution in [3.05, 3.63) is 0 Å². The SMILES string of the molecule is CC(C)[C@H]1COCC[C@H]1N. The Morgan fingerprint density at radius 3 is 2.60 bits per heavy atom. The van der Waals surface area contributed by atoms with Crippen LogP contribution in [0.3, 0.4) is 0 Å². The summed E-state index contributed by atoms with van der Waals surface area (Å²) < 4.78 is 5.33. The fourth-order valence-corrected chi connectivity index (χ4v) is 1.46. The molecule has 1 heterocycles. The minimum absolute atomic E-state index is 0.369. The monoisotopic (exact) mass is 143 g/mol. The average molecular weight is 143 g/mol. The van der Waals surface area contributed by atoms with Gasteiger partial charge < -0.3 is 10.5 Å². The molecule has 2 nitrogen and oxygen atoms in total. The van der Waals surface area contributed by atoms with E-state index in [2.05, 4.69) is 13.8 Å². The summed E-state index contributed by atoms with van der Waals surface area (Å²) in [6, 6.07) is 0.369. The molecule has 0 amide bonds. The Hall–Kier alpha value is -0.0800. The predicted molar refractivity (Wildman–Crippen MR) is 41.7 cm³/mol. The molecule has 0 bridgehead atoms. The molecule has 2 heteroatoms. The second-order valence-electron chi connectivity index (χ2n) is 3.44. The molecule has 1 fully saturated rings. The van der Waals surface area contributed by atoms with Gasteiger partial charge in [-0.2, -0.15) is 0 Å². The fraction of sp³-hybridized carbons (Fsp3) is 1.00. The average Bonchev–Trinajstić information content (AvgIpc) is 1.88. The van der Waals surface area contributed by atoms with E-state index in [9.17, 15) is 0 Å². The molecule has 0 aromatic carbocycles. The minimum Gasteiger partial charge on any atom is -0.381 e. The Morgan fingerprint density at radius 1 is 1.50 bits per heavy atom. The van der Waals surface area contributed by atoms with Gasteiger partial charge in [-0.05, 0) is 18.3 Å². The van der Waals surface area contributed by atoms with E-state index in [0.29, 0.717) is 17.9 Å². The highest BCUT2D eigenvalue weighted by atomic mass is 16.5. The predicted octanol–water partition coefficient (Wildman–Crippen LogP) is 1.01. The van der Waals surface area contributed by atoms with Gasteiger partial charge in [-0.3, -0.25) is 0 Å². The van der Waals surface area contributed by atoms with E-state index in [1.54, 1.807) is 0 Å². The summed E-state index contributed by atoms with van der Waals surface area (Å²) >= 11 is 0. The van der Waals surface area contributed by atoms with Gasteiger partial charge in [0.25, 0.3) is 0 Å². The van der Waals surface area contributed by atoms with E-state index >= 15 is 0 Å². The second kappa shape index (κ2) is 3.35. The van der Waals surface area contributed by atoms with Gasteiger partial charge in [0.05, 0.1) is 6.61 Å². The van der Waals surface area contributed by atoms with E-state index in [-0.39, 0.29) is 0 Å². The Bertz CT molecular complexity index is 103. The van der Waals surface area contributed by atoms with Gasteiger partial charge in [0.15, 0.2) is 0 Å². The number of ether oxygens (including phenoxy) is 1. The third-order valence-corrected chi connectivity index (χ3v) is 2.31. The molecule has 0 unspecified atom stereocenters. The fourth-order valence-electron chi connectivity index (χ4n) is 1.46. The Balaban J connectivity index is 2.40. The third kappa shape index (κ3) is 1.70. The highest BCUT2D eigenvalue weighted by Crippen LogP contribution is 2.20. The summed E-state index contributed by atoms with van der Waals surface area (Å²) in [5.74, 6) is 1.24. The van der Waals surface area contributed by atoms with Crippen molar-refractivity contribution < 1.29 is 4.74 Å². The lowest BCUT2D eigenvalue weighted by Crippen LogP contribution is -2.41. The van der Waals surface area contributed by atoms with E-state index in [0.717, 1.165) is 19.6 Å². The van der Waals surface area contributed by atoms with Crippen molar-refractivity contribution in [2.24, 2.45) is 17.6 Å². The van der Waals surface area contributed by atoms with Crippen LogP contribution in [0.25, 0.3) is 0 Å². The zero-order valence-electron chi connectivity index (χ0n) is 6.84. The molecule has 0 aromatic rings. The lowest BCUT2D eigenvalue weighted by Gasteiger charge is -2.31. The molecule has 0 spiro atoms. The van der Waals surface area contributed by atoms with E-state index in [4.69, 9.17) is 10.5 Å². The largest absolute Gasteiger partial charge is 0.381 e. The molecule has 1 saturated heterocycles. The topological polar surface area (TPSA) is 35.2 Å². The van der Waals surface area contributed by atoms with Gasteiger partial charge in [-0.25, -0.2) is 0 Å². The molecule has 1 aliphatic heterocycles. The first-order valence-electron chi connectivity index (χ1n) is 4.05. The van der Waals surface area contributed by atoms with Crippen LogP contribution in [-0.4, -0.2) is 19.3 Å². The van der Waals surface area contributed by atoms with Crippen LogP contribution in [0.4, 0.5) is 0 Å². The molecular weight excluding hydrogens is 126 g/mol. The number of hydrogen-bond donors (Lipinski definition) is 1. The number of nitrogens with two attached hydrogens (primary N) is 1. The molecule has 0 aromatic heterocycles. The zero-order chi connectivity index (χ0) is 7.56. The van der Waals surface area contributed by atoms with Crippen molar-refractivity contribution in [1.82, 2.24) is 0 Å². The molecule has 0 saturated carbocycles. The van der Waals surface area contributed by atoms with Crippen LogP contribution in [0.1, 0.15) is 20.3 Å². The molecular formula is C8H17NO. The maximum Gasteiger partial charge on any atom is 0.0511 e. The highest BCUT2D eigenvalue weighted by Gasteiger charge is 2.24. The first kappa shape index (κ1) is 8.02. The first-order chi connectivity index (χ1) is 4.72. The number of rotatable bonds is 1. The maximum atomic E-state index is 5.90. The molecule has 1 aliphatic rings. The van der Waals surface area contributed by atoms with Gasteiger partial charge in [0, 0.05) is 12.6 Å². The van der Waals surface area contributed by atoms with Gasteiger partial charge in [-0.1, -0.05) is 13.8 Å². The standard InChI is InChI=1S/C8H17NO/c1-6(2)7-5-10-4-3-8(7)9/h6-8H,3-5,9H2,1-2H3/t7-,8-/m1/s1. The van der Waals surface area contributed by atoms with Crippen molar-refractivity contribution in [1.29, 1.82) is 0 Å². The lowest BCUT2D eigenvalue weighted by atomic mass is 9.87. The van der Waals surface area contributed by atoms with Gasteiger partial charge in [-0.15, -0.1) is 0 Å². The van der Waals surface area contributed by atoms with Crippen molar-refractivity contribution >= 4 is 0 Å². The second-order valence-corrected chi connectivity index (χ2v) is 3.44. The van der Waals surface area contributed by atoms with Crippen molar-refractivity contribution in [3.63, 3.8) is 0 Å². The zero-order valence-corrected chi connectivity index (χ0v) is 6.84. The maximum absolute atomic E-state index is 5.90. The van der Waals surface area contributed by atoms with Gasteiger partial charge in [0.1, 0.15) is 0 Å². The van der Waals surface area contributed by atoms with Crippen molar-refractivity contribution in [2.75, 3.05) is 13.2 Å². The molecule has 10 heavy (non-hydrogen) atoms. The first-order valence-corrected chi connectivity index (χ1v) is 4.05. The summed E-state index contributed by atoms with van der Waals surface area (Å²) in [5.41, 5.74) is 5.90. The summed E-state index contributed by atoms with van der Waals surface area (Å²) in [5, 5.41) is 0. The van der Waals surface area contributed by atoms with E-state index in [1.165, 1.54) is 0 Å². The van der Waals surface area contributed by atoms with Gasteiger partial charge in [0.2, 0.25) is 0 Å². The lowest BCUT2D eigenvalue weighted by molar-refractivity contribution is 0.0240. The Kier molecular flexibility index (Phi) is 2.69. The number of hydrogen-bond acceptors (Lipinski definition) is 2. The molecule has 0 aliphatic carbocycles. The molecule has 60 valence electrons. The van der Waals surface area contributed by atoms with E-state index < -0.39 is 0 Å². The molecule has 2 atom stereocenters. The molecule has 1 rings (SSSR count). The summed E-state index contributed by atoms with van der Waals surface area (Å²) in [7, 11) is 0. The highest BCUT2D eigenvalue weighted by molar-refractivity contribution is 4.78. The minimum atomic E-state index is 0.369. The van der Waals surface area contributed by atoms with Gasteiger partial charge >= 0.3 is 0 Å². The van der Waals surface area contributed by atoms with Crippen LogP contribution < -0.4 is 5.73 Å². The Morgan fingerprint density at radius 2 is 2.20 bits per heavy atom. The van der Waals surface area contributed by atoms with Crippen LogP contribution in [0.15, 0.2) is 0 Å². The Labute approximate surface area is 62.7 Å². The molecule has 2 N–H and O–H groups in total. The quantitative estimate of drug-likeness (QED) is 0.594. The van der Waals surface area contributed by atoms with Crippen LogP contribution in [0, 0.1) is 11.8 Å². The van der Waals surface area contributed by atoms with E-state index in [1.807, 2.05) is 0 Å². The third-order valence-electron chi connectivity index (χ3n) is 2.31. The van der Waals surface area contributed by atoms with Crippen LogP contribution in [0.5, 0.6) is 0 Å². The van der Waals surface area contributed by atoms with Crippen molar-refractivity contribution in [2.45, 2.75) is 26.3 Å². The van der Waals surface area contributed by atoms with Crippen LogP contribution in [0.2, 0.25) is 0 Å². The summed E-state index contributed by atoms with van der Waals surface area (Å²) in [4.78, 5) is 0. The molecule has 0 radical (unpaired) electrons. The normalized spacial score (nSPS) is 34.8. The van der Waals surface area contributed by atoms with Crippen LogP contribution >= 0.6 is 0 Å². The van der Waals surface area contributed by atoms with Crippen LogP contribution in [-0.2, 0) is 4.74 Å². The summed E-state index contributed by atoms with van der Waals surface area (Å²) in [6.07, 6.45) is 1.03. The summed E-state index contributed by atoms with van der Waals surface area (Å²) in [6.45, 7) is 6.13. The smallest absolute Gasteiger partial charge is 0.0511 e.